The Morgan fingerprint density at radius 3 is 2.60 bits per heavy atom. The highest BCUT2D eigenvalue weighted by Crippen LogP contribution is 2.24. The molecule has 1 amide bonds. The second-order valence-electron chi connectivity index (χ2n) is 4.98. The number of carbonyl (C=O) groups excluding carboxylic acids is 1. The van der Waals surface area contributed by atoms with Crippen molar-refractivity contribution in [3.8, 4) is 6.07 Å². The molecule has 1 fully saturated rings. The molecule has 0 bridgehead atoms. The summed E-state index contributed by atoms with van der Waals surface area (Å²) in [6, 6.07) is 2.32. The fourth-order valence-corrected chi connectivity index (χ4v) is 1.70. The molecular formula is C11H18N2O2. The number of hydrogen-bond donors (Lipinski definition) is 1. The van der Waals surface area contributed by atoms with E-state index in [1.54, 1.807) is 0 Å². The standard InChI is InChI=1S/C11H18N2O2/c1-11(2,3)15-10(14)13-9-5-4-8(6-9)7-12/h8-9H,4-6H2,1-3H3,(H,13,14)/t8-,9-/m1/s1. The minimum Gasteiger partial charge on any atom is -0.444 e. The van der Waals surface area contributed by atoms with Crippen molar-refractivity contribution in [2.45, 2.75) is 51.7 Å². The number of nitrogens with one attached hydrogen (secondary N) is 1. The molecule has 4 heteroatoms. The molecule has 0 unspecified atom stereocenters. The Bertz CT molecular complexity index is 275. The molecule has 15 heavy (non-hydrogen) atoms. The second kappa shape index (κ2) is 4.52. The van der Waals surface area contributed by atoms with E-state index in [0.29, 0.717) is 0 Å². The molecule has 0 radical (unpaired) electrons. The second-order valence-corrected chi connectivity index (χ2v) is 4.98. The lowest BCUT2D eigenvalue weighted by molar-refractivity contribution is 0.0505. The van der Waals surface area contributed by atoms with Gasteiger partial charge in [-0.15, -0.1) is 0 Å². The summed E-state index contributed by atoms with van der Waals surface area (Å²) in [6.45, 7) is 5.50. The molecule has 1 saturated carbocycles. The van der Waals surface area contributed by atoms with Crippen molar-refractivity contribution in [1.29, 1.82) is 5.26 Å². The average Bonchev–Trinajstić information content (AvgIpc) is 2.48. The first-order valence-electron chi connectivity index (χ1n) is 5.30. The number of nitrogens with zero attached hydrogens (tertiary/aromatic N) is 1. The molecule has 0 aromatic rings. The summed E-state index contributed by atoms with van der Waals surface area (Å²) in [7, 11) is 0. The summed E-state index contributed by atoms with van der Waals surface area (Å²) >= 11 is 0. The maximum atomic E-state index is 11.4. The van der Waals surface area contributed by atoms with Crippen LogP contribution in [0.5, 0.6) is 0 Å². The van der Waals surface area contributed by atoms with Crippen LogP contribution in [0.3, 0.4) is 0 Å². The van der Waals surface area contributed by atoms with E-state index in [-0.39, 0.29) is 18.1 Å². The third-order valence-electron chi connectivity index (χ3n) is 2.34. The van der Waals surface area contributed by atoms with E-state index >= 15 is 0 Å². The predicted molar refractivity (Wildman–Crippen MR) is 56.1 cm³/mol. The highest BCUT2D eigenvalue weighted by Gasteiger charge is 2.27. The zero-order valence-corrected chi connectivity index (χ0v) is 9.54. The number of carbonyl (C=O) groups is 1. The zero-order valence-electron chi connectivity index (χ0n) is 9.54. The highest BCUT2D eigenvalue weighted by molar-refractivity contribution is 5.68. The quantitative estimate of drug-likeness (QED) is 0.721. The van der Waals surface area contributed by atoms with Crippen molar-refractivity contribution < 1.29 is 9.53 Å². The zero-order chi connectivity index (χ0) is 11.5. The van der Waals surface area contributed by atoms with Crippen molar-refractivity contribution in [3.63, 3.8) is 0 Å². The van der Waals surface area contributed by atoms with Crippen molar-refractivity contribution >= 4 is 6.09 Å². The molecule has 0 saturated heterocycles. The summed E-state index contributed by atoms with van der Waals surface area (Å²) in [5.41, 5.74) is -0.461. The minimum absolute atomic E-state index is 0.0879. The van der Waals surface area contributed by atoms with E-state index in [4.69, 9.17) is 10.00 Å². The van der Waals surface area contributed by atoms with Gasteiger partial charge in [0.2, 0.25) is 0 Å². The van der Waals surface area contributed by atoms with Crippen molar-refractivity contribution in [1.82, 2.24) is 5.32 Å². The van der Waals surface area contributed by atoms with Crippen LogP contribution in [-0.2, 0) is 4.74 Å². The first kappa shape index (κ1) is 11.8. The van der Waals surface area contributed by atoms with Crippen molar-refractivity contribution in [3.05, 3.63) is 0 Å². The molecule has 1 N–H and O–H groups in total. The lowest BCUT2D eigenvalue weighted by Gasteiger charge is -2.21. The Balaban J connectivity index is 2.32. The Hall–Kier alpha value is -1.24. The molecule has 1 rings (SSSR count). The number of ether oxygens (including phenoxy) is 1. The van der Waals surface area contributed by atoms with Gasteiger partial charge in [-0.3, -0.25) is 0 Å². The summed E-state index contributed by atoms with van der Waals surface area (Å²) in [4.78, 5) is 11.4. The third kappa shape index (κ3) is 4.20. The monoisotopic (exact) mass is 210 g/mol. The molecule has 0 aliphatic heterocycles. The van der Waals surface area contributed by atoms with Gasteiger partial charge in [-0.1, -0.05) is 0 Å². The van der Waals surface area contributed by atoms with Crippen LogP contribution in [0.1, 0.15) is 40.0 Å². The topological polar surface area (TPSA) is 62.1 Å². The lowest BCUT2D eigenvalue weighted by Crippen LogP contribution is -2.37. The average molecular weight is 210 g/mol. The molecule has 0 aromatic heterocycles. The van der Waals surface area contributed by atoms with Gasteiger partial charge in [-0.2, -0.15) is 5.26 Å². The predicted octanol–water partition coefficient (Wildman–Crippen LogP) is 2.20. The van der Waals surface area contributed by atoms with Crippen molar-refractivity contribution in [2.24, 2.45) is 5.92 Å². The van der Waals surface area contributed by atoms with Crippen LogP contribution in [-0.4, -0.2) is 17.7 Å². The van der Waals surface area contributed by atoms with Gasteiger partial charge in [-0.25, -0.2) is 4.79 Å². The molecule has 0 spiro atoms. The first-order chi connectivity index (χ1) is 6.90. The lowest BCUT2D eigenvalue weighted by atomic mass is 10.1. The first-order valence-corrected chi connectivity index (χ1v) is 5.30. The van der Waals surface area contributed by atoms with Crippen molar-refractivity contribution in [2.75, 3.05) is 0 Å². The van der Waals surface area contributed by atoms with Crippen LogP contribution in [0, 0.1) is 17.2 Å². The number of amides is 1. The molecular weight excluding hydrogens is 192 g/mol. The molecule has 84 valence electrons. The van der Waals surface area contributed by atoms with Crippen LogP contribution in [0.15, 0.2) is 0 Å². The van der Waals surface area contributed by atoms with Gasteiger partial charge in [0.1, 0.15) is 5.60 Å². The van der Waals surface area contributed by atoms with E-state index in [0.717, 1.165) is 19.3 Å². The van der Waals surface area contributed by atoms with E-state index in [2.05, 4.69) is 11.4 Å². The van der Waals surface area contributed by atoms with Gasteiger partial charge >= 0.3 is 6.09 Å². The number of nitriles is 1. The third-order valence-corrected chi connectivity index (χ3v) is 2.34. The Labute approximate surface area is 90.6 Å². The molecule has 2 atom stereocenters. The van der Waals surface area contributed by atoms with Gasteiger partial charge in [-0.05, 0) is 40.0 Å². The Morgan fingerprint density at radius 2 is 2.13 bits per heavy atom. The summed E-state index contributed by atoms with van der Waals surface area (Å²) in [5, 5.41) is 11.5. The van der Waals surface area contributed by atoms with E-state index in [9.17, 15) is 4.79 Å². The fourth-order valence-electron chi connectivity index (χ4n) is 1.70. The fraction of sp³-hybridized carbons (Fsp3) is 0.818. The van der Waals surface area contributed by atoms with Gasteiger partial charge in [0, 0.05) is 12.0 Å². The summed E-state index contributed by atoms with van der Waals surface area (Å²) in [6.07, 6.45) is 2.11. The Morgan fingerprint density at radius 1 is 1.47 bits per heavy atom. The number of hydrogen-bond acceptors (Lipinski definition) is 3. The summed E-state index contributed by atoms with van der Waals surface area (Å²) < 4.78 is 5.14. The maximum Gasteiger partial charge on any atom is 0.407 e. The smallest absolute Gasteiger partial charge is 0.407 e. The molecule has 1 aliphatic rings. The van der Waals surface area contributed by atoms with Gasteiger partial charge in [0.15, 0.2) is 0 Å². The Kier molecular flexibility index (Phi) is 3.57. The normalized spacial score (nSPS) is 25.7. The number of alkyl carbamates (subject to hydrolysis) is 1. The summed E-state index contributed by atoms with van der Waals surface area (Å²) in [5.74, 6) is 0.0879. The molecule has 0 aromatic carbocycles. The minimum atomic E-state index is -0.461. The largest absolute Gasteiger partial charge is 0.444 e. The SMILES string of the molecule is CC(C)(C)OC(=O)N[C@@H]1CC[C@@H](C#N)C1. The molecule has 4 nitrogen and oxygen atoms in total. The van der Waals surface area contributed by atoms with Gasteiger partial charge in [0.05, 0.1) is 6.07 Å². The van der Waals surface area contributed by atoms with E-state index in [1.807, 2.05) is 20.8 Å². The number of rotatable bonds is 1. The van der Waals surface area contributed by atoms with E-state index < -0.39 is 5.60 Å². The van der Waals surface area contributed by atoms with Gasteiger partial charge < -0.3 is 10.1 Å². The highest BCUT2D eigenvalue weighted by atomic mass is 16.6. The van der Waals surface area contributed by atoms with Crippen LogP contribution < -0.4 is 5.32 Å². The van der Waals surface area contributed by atoms with Gasteiger partial charge in [0.25, 0.3) is 0 Å². The van der Waals surface area contributed by atoms with Crippen LogP contribution in [0.4, 0.5) is 4.79 Å². The van der Waals surface area contributed by atoms with Crippen LogP contribution in [0.25, 0.3) is 0 Å². The maximum absolute atomic E-state index is 11.4. The van der Waals surface area contributed by atoms with Crippen LogP contribution >= 0.6 is 0 Å². The van der Waals surface area contributed by atoms with Crippen LogP contribution in [0.2, 0.25) is 0 Å². The van der Waals surface area contributed by atoms with E-state index in [1.165, 1.54) is 0 Å². The molecule has 0 heterocycles. The molecule has 1 aliphatic carbocycles.